The Morgan fingerprint density at radius 3 is 2.55 bits per heavy atom. The normalized spacial score (nSPS) is 24.2. The number of fused-ring (bicyclic) bond motifs is 2. The minimum Gasteiger partial charge on any atom is -0.363 e. The summed E-state index contributed by atoms with van der Waals surface area (Å²) in [4.78, 5) is 44.5. The standard InChI is InChI=1S/C28H31FN4O4S/c29-18-15-23-25(30-16-18)32(21-10-13-38-14-11-21)28(36)33(27(23)35)20-7-5-19(6-8-20)31-26(34)24-22-4-2-1-3-17(22)9-12-37-24/h1-4,15-16,19-21,24H,5-14H2,(H,31,34)/t19-,20+,24?. The molecule has 1 aliphatic carbocycles. The van der Waals surface area contributed by atoms with E-state index < -0.39 is 17.5 Å². The van der Waals surface area contributed by atoms with Gasteiger partial charge in [-0.15, -0.1) is 0 Å². The van der Waals surface area contributed by atoms with Crippen LogP contribution in [-0.4, -0.2) is 44.2 Å². The van der Waals surface area contributed by atoms with Crippen LogP contribution in [0.5, 0.6) is 0 Å². The Hall–Kier alpha value is -2.98. The van der Waals surface area contributed by atoms with Gasteiger partial charge in [-0.05, 0) is 73.6 Å². The van der Waals surface area contributed by atoms with Crippen LogP contribution in [0.25, 0.3) is 11.0 Å². The average Bonchev–Trinajstić information content (AvgIpc) is 2.94. The number of ether oxygens (including phenoxy) is 1. The van der Waals surface area contributed by atoms with Crippen LogP contribution in [0.15, 0.2) is 46.1 Å². The van der Waals surface area contributed by atoms with Crippen LogP contribution in [-0.2, 0) is 16.0 Å². The Kier molecular flexibility index (Phi) is 7.09. The molecule has 1 atom stereocenters. The van der Waals surface area contributed by atoms with E-state index in [0.717, 1.165) is 48.1 Å². The molecule has 2 fully saturated rings. The van der Waals surface area contributed by atoms with Gasteiger partial charge in [0.15, 0.2) is 6.10 Å². The highest BCUT2D eigenvalue weighted by Crippen LogP contribution is 2.31. The van der Waals surface area contributed by atoms with E-state index >= 15 is 0 Å². The molecule has 1 saturated heterocycles. The van der Waals surface area contributed by atoms with Crippen molar-refractivity contribution in [3.63, 3.8) is 0 Å². The molecule has 0 bridgehead atoms. The Bertz CT molecular complexity index is 1470. The first-order chi connectivity index (χ1) is 18.5. The van der Waals surface area contributed by atoms with Crippen molar-refractivity contribution in [2.75, 3.05) is 18.1 Å². The fourth-order valence-electron chi connectivity index (χ4n) is 6.17. The molecule has 3 aliphatic rings. The summed E-state index contributed by atoms with van der Waals surface area (Å²) in [5.41, 5.74) is 1.46. The number of rotatable bonds is 4. The molecule has 2 aliphatic heterocycles. The largest absolute Gasteiger partial charge is 0.363 e. The highest BCUT2D eigenvalue weighted by molar-refractivity contribution is 7.99. The lowest BCUT2D eigenvalue weighted by Gasteiger charge is -2.33. The van der Waals surface area contributed by atoms with Crippen molar-refractivity contribution >= 4 is 28.7 Å². The van der Waals surface area contributed by atoms with Crippen molar-refractivity contribution in [3.05, 3.63) is 74.3 Å². The summed E-state index contributed by atoms with van der Waals surface area (Å²) in [6.45, 7) is 0.508. The zero-order chi connectivity index (χ0) is 26.2. The fraction of sp³-hybridized carbons (Fsp3) is 0.500. The number of nitrogens with one attached hydrogen (secondary N) is 1. The van der Waals surface area contributed by atoms with E-state index in [-0.39, 0.29) is 40.8 Å². The zero-order valence-corrected chi connectivity index (χ0v) is 21.9. The maximum absolute atomic E-state index is 14.1. The number of benzene rings is 1. The van der Waals surface area contributed by atoms with Crippen molar-refractivity contribution in [1.82, 2.24) is 19.4 Å². The van der Waals surface area contributed by atoms with E-state index in [1.165, 1.54) is 10.6 Å². The molecule has 1 aromatic carbocycles. The summed E-state index contributed by atoms with van der Waals surface area (Å²) >= 11 is 1.85. The van der Waals surface area contributed by atoms with Crippen molar-refractivity contribution in [2.45, 2.75) is 69.2 Å². The molecular weight excluding hydrogens is 507 g/mol. The van der Waals surface area contributed by atoms with Crippen LogP contribution in [0.1, 0.15) is 67.8 Å². The van der Waals surface area contributed by atoms with Crippen LogP contribution in [0.3, 0.4) is 0 Å². The van der Waals surface area contributed by atoms with Gasteiger partial charge < -0.3 is 10.1 Å². The summed E-state index contributed by atoms with van der Waals surface area (Å²) in [6.07, 6.45) is 5.26. The molecule has 1 unspecified atom stereocenters. The number of pyridine rings is 1. The number of aromatic nitrogens is 3. The molecule has 1 amide bonds. The summed E-state index contributed by atoms with van der Waals surface area (Å²) in [5.74, 6) is 1.11. The van der Waals surface area contributed by atoms with Gasteiger partial charge in [-0.3, -0.25) is 18.7 Å². The first-order valence-electron chi connectivity index (χ1n) is 13.4. The summed E-state index contributed by atoms with van der Waals surface area (Å²) in [6, 6.07) is 8.62. The molecule has 6 rings (SSSR count). The van der Waals surface area contributed by atoms with Gasteiger partial charge in [-0.25, -0.2) is 14.2 Å². The topological polar surface area (TPSA) is 95.2 Å². The molecule has 2 aromatic heterocycles. The zero-order valence-electron chi connectivity index (χ0n) is 21.1. The minimum absolute atomic E-state index is 0.0648. The van der Waals surface area contributed by atoms with Crippen molar-refractivity contribution in [3.8, 4) is 0 Å². The highest BCUT2D eigenvalue weighted by atomic mass is 32.2. The lowest BCUT2D eigenvalue weighted by atomic mass is 9.90. The number of thioether (sulfide) groups is 1. The van der Waals surface area contributed by atoms with Crippen LogP contribution in [0.2, 0.25) is 0 Å². The Morgan fingerprint density at radius 1 is 1.03 bits per heavy atom. The molecule has 8 nitrogen and oxygen atoms in total. The van der Waals surface area contributed by atoms with E-state index in [9.17, 15) is 18.8 Å². The Morgan fingerprint density at radius 2 is 1.76 bits per heavy atom. The van der Waals surface area contributed by atoms with Gasteiger partial charge in [-0.2, -0.15) is 11.8 Å². The number of hydrogen-bond acceptors (Lipinski definition) is 6. The molecule has 3 aromatic rings. The minimum atomic E-state index is -0.621. The summed E-state index contributed by atoms with van der Waals surface area (Å²) in [5, 5.41) is 3.28. The van der Waals surface area contributed by atoms with E-state index in [1.54, 1.807) is 4.57 Å². The number of amides is 1. The van der Waals surface area contributed by atoms with Crippen LogP contribution >= 0.6 is 11.8 Å². The summed E-state index contributed by atoms with van der Waals surface area (Å²) < 4.78 is 22.9. The van der Waals surface area contributed by atoms with E-state index in [0.29, 0.717) is 32.3 Å². The van der Waals surface area contributed by atoms with Crippen LogP contribution in [0.4, 0.5) is 4.39 Å². The molecule has 1 saturated carbocycles. The maximum Gasteiger partial charge on any atom is 0.333 e. The lowest BCUT2D eigenvalue weighted by Crippen LogP contribution is -2.47. The molecule has 0 radical (unpaired) electrons. The average molecular weight is 539 g/mol. The molecule has 38 heavy (non-hydrogen) atoms. The highest BCUT2D eigenvalue weighted by Gasteiger charge is 2.32. The lowest BCUT2D eigenvalue weighted by molar-refractivity contribution is -0.135. The predicted molar refractivity (Wildman–Crippen MR) is 144 cm³/mol. The van der Waals surface area contributed by atoms with Gasteiger partial charge in [0, 0.05) is 18.1 Å². The van der Waals surface area contributed by atoms with E-state index in [2.05, 4.69) is 10.3 Å². The van der Waals surface area contributed by atoms with Crippen molar-refractivity contribution in [1.29, 1.82) is 0 Å². The number of carbonyl (C=O) groups is 1. The van der Waals surface area contributed by atoms with Gasteiger partial charge in [0.25, 0.3) is 11.5 Å². The SMILES string of the molecule is O=C(N[C@H]1CC[C@@H](n2c(=O)c3cc(F)cnc3n(C3CCSCC3)c2=O)CC1)C1OCCc2ccccc21. The third-order valence-corrected chi connectivity index (χ3v) is 9.17. The monoisotopic (exact) mass is 538 g/mol. The molecule has 1 N–H and O–H groups in total. The molecule has 0 spiro atoms. The predicted octanol–water partition coefficient (Wildman–Crippen LogP) is 3.68. The molecule has 10 heteroatoms. The third kappa shape index (κ3) is 4.68. The third-order valence-electron chi connectivity index (χ3n) is 8.12. The first-order valence-corrected chi connectivity index (χ1v) is 14.6. The maximum atomic E-state index is 14.1. The summed E-state index contributed by atoms with van der Waals surface area (Å²) in [7, 11) is 0. The number of halogens is 1. The second-order valence-electron chi connectivity index (χ2n) is 10.4. The second-order valence-corrected chi connectivity index (χ2v) is 11.6. The molecular formula is C28H31FN4O4S. The number of nitrogens with zero attached hydrogens (tertiary/aromatic N) is 3. The number of carbonyl (C=O) groups excluding carboxylic acids is 1. The fourth-order valence-corrected chi connectivity index (χ4v) is 7.25. The van der Waals surface area contributed by atoms with Gasteiger partial charge in [0.05, 0.1) is 18.2 Å². The Labute approximate surface area is 223 Å². The van der Waals surface area contributed by atoms with Crippen molar-refractivity contribution < 1.29 is 13.9 Å². The van der Waals surface area contributed by atoms with Gasteiger partial charge >= 0.3 is 5.69 Å². The quantitative estimate of drug-likeness (QED) is 0.545. The molecule has 200 valence electrons. The van der Waals surface area contributed by atoms with Gasteiger partial charge in [0.1, 0.15) is 11.5 Å². The van der Waals surface area contributed by atoms with E-state index in [1.807, 2.05) is 36.0 Å². The first kappa shape index (κ1) is 25.3. The van der Waals surface area contributed by atoms with Crippen LogP contribution in [0, 0.1) is 5.82 Å². The van der Waals surface area contributed by atoms with Crippen LogP contribution < -0.4 is 16.6 Å². The molecule has 4 heterocycles. The van der Waals surface area contributed by atoms with Crippen molar-refractivity contribution in [2.24, 2.45) is 0 Å². The number of hydrogen-bond donors (Lipinski definition) is 1. The van der Waals surface area contributed by atoms with Gasteiger partial charge in [0.2, 0.25) is 0 Å². The Balaban J connectivity index is 1.23. The van der Waals surface area contributed by atoms with E-state index in [4.69, 9.17) is 4.74 Å². The second kappa shape index (κ2) is 10.6. The smallest absolute Gasteiger partial charge is 0.333 e. The van der Waals surface area contributed by atoms with Gasteiger partial charge in [-0.1, -0.05) is 24.3 Å².